The number of benzene rings is 1. The molecule has 8 heteroatoms. The van der Waals surface area contributed by atoms with Gasteiger partial charge in [-0.3, -0.25) is 0 Å². The molecule has 3 heterocycles. The van der Waals surface area contributed by atoms with E-state index in [4.69, 9.17) is 31.8 Å². The van der Waals surface area contributed by atoms with Gasteiger partial charge in [0.25, 0.3) is 0 Å². The first-order valence-electron chi connectivity index (χ1n) is 8.50. The highest BCUT2D eigenvalue weighted by Crippen LogP contribution is 2.38. The maximum Gasteiger partial charge on any atom is 0.141 e. The second kappa shape index (κ2) is 7.84. The molecule has 27 heavy (non-hydrogen) atoms. The van der Waals surface area contributed by atoms with Crippen molar-refractivity contribution in [3.63, 3.8) is 0 Å². The van der Waals surface area contributed by atoms with Crippen molar-refractivity contribution >= 4 is 35.3 Å². The molecule has 2 N–H and O–H groups in total. The molecule has 0 bridgehead atoms. The van der Waals surface area contributed by atoms with Gasteiger partial charge in [0.2, 0.25) is 0 Å². The van der Waals surface area contributed by atoms with Crippen LogP contribution in [-0.2, 0) is 0 Å². The van der Waals surface area contributed by atoms with Gasteiger partial charge in [0.05, 0.1) is 24.9 Å². The van der Waals surface area contributed by atoms with Crippen molar-refractivity contribution in [3.8, 4) is 22.8 Å². The molecule has 1 saturated heterocycles. The van der Waals surface area contributed by atoms with Gasteiger partial charge in [-0.05, 0) is 18.6 Å². The van der Waals surface area contributed by atoms with Crippen molar-refractivity contribution < 1.29 is 9.47 Å². The van der Waals surface area contributed by atoms with Gasteiger partial charge in [-0.25, -0.2) is 4.98 Å². The molecule has 2 aromatic heterocycles. The predicted molar refractivity (Wildman–Crippen MR) is 111 cm³/mol. The van der Waals surface area contributed by atoms with Gasteiger partial charge in [0, 0.05) is 54.9 Å². The molecule has 0 radical (unpaired) electrons. The van der Waals surface area contributed by atoms with Crippen LogP contribution in [0.2, 0.25) is 5.02 Å². The Morgan fingerprint density at radius 3 is 2.63 bits per heavy atom. The Balaban J connectivity index is 0.00000210. The van der Waals surface area contributed by atoms with E-state index < -0.39 is 0 Å². The van der Waals surface area contributed by atoms with E-state index in [1.165, 1.54) is 0 Å². The van der Waals surface area contributed by atoms with Crippen molar-refractivity contribution in [2.24, 2.45) is 5.73 Å². The molecule has 1 atom stereocenters. The molecular formula is C19H22Cl2N4O2. The van der Waals surface area contributed by atoms with E-state index in [9.17, 15) is 0 Å². The van der Waals surface area contributed by atoms with Crippen LogP contribution in [0.1, 0.15) is 6.42 Å². The van der Waals surface area contributed by atoms with Crippen molar-refractivity contribution in [3.05, 3.63) is 41.7 Å². The van der Waals surface area contributed by atoms with E-state index in [-0.39, 0.29) is 18.4 Å². The van der Waals surface area contributed by atoms with Gasteiger partial charge in [-0.1, -0.05) is 11.6 Å². The topological polar surface area (TPSA) is 65.0 Å². The summed E-state index contributed by atoms with van der Waals surface area (Å²) in [5, 5.41) is 0.520. The number of ether oxygens (including phenoxy) is 2. The van der Waals surface area contributed by atoms with Crippen LogP contribution in [0.25, 0.3) is 16.9 Å². The third-order valence-electron chi connectivity index (χ3n) is 4.78. The summed E-state index contributed by atoms with van der Waals surface area (Å²) in [5.41, 5.74) is 9.65. The molecule has 0 saturated carbocycles. The van der Waals surface area contributed by atoms with Gasteiger partial charge in [0.1, 0.15) is 17.1 Å². The average Bonchev–Trinajstić information content (AvgIpc) is 3.26. The number of nitrogens with zero attached hydrogens (tertiary/aromatic N) is 3. The molecule has 1 aliphatic heterocycles. The molecule has 3 aromatic rings. The van der Waals surface area contributed by atoms with Crippen LogP contribution in [0.3, 0.4) is 0 Å². The van der Waals surface area contributed by atoms with Gasteiger partial charge in [0.15, 0.2) is 0 Å². The molecule has 0 spiro atoms. The number of rotatable bonds is 4. The third kappa shape index (κ3) is 3.65. The first-order valence-corrected chi connectivity index (χ1v) is 8.88. The smallest absolute Gasteiger partial charge is 0.141 e. The van der Waals surface area contributed by atoms with E-state index in [1.807, 2.05) is 22.9 Å². The standard InChI is InChI=1S/C19H21ClN4O2.ClH/c1-25-17-9-18(26-2)15(20)8-14(17)16-11-24-6-4-13(7-19(24)22-16)23-5-3-12(21)10-23;/h4,6-9,11-12H,3,5,10,21H2,1-2H3;1H/t12-;/m0./s1. The Labute approximate surface area is 169 Å². The summed E-state index contributed by atoms with van der Waals surface area (Å²) in [6, 6.07) is 8.01. The molecule has 6 nitrogen and oxygen atoms in total. The van der Waals surface area contributed by atoms with Crippen LogP contribution in [0.4, 0.5) is 5.69 Å². The quantitative estimate of drug-likeness (QED) is 0.713. The number of imidazole rings is 1. The van der Waals surface area contributed by atoms with Crippen molar-refractivity contribution in [1.29, 1.82) is 0 Å². The average molecular weight is 409 g/mol. The maximum atomic E-state index is 6.30. The molecule has 1 aromatic carbocycles. The lowest BCUT2D eigenvalue weighted by Crippen LogP contribution is -2.26. The van der Waals surface area contributed by atoms with Crippen LogP contribution in [0.5, 0.6) is 11.5 Å². The molecule has 0 amide bonds. The fourth-order valence-corrected chi connectivity index (χ4v) is 3.62. The van der Waals surface area contributed by atoms with Crippen molar-refractivity contribution in [2.45, 2.75) is 12.5 Å². The lowest BCUT2D eigenvalue weighted by molar-refractivity contribution is 0.395. The maximum absolute atomic E-state index is 6.30. The zero-order chi connectivity index (χ0) is 18.3. The molecule has 0 aliphatic carbocycles. The van der Waals surface area contributed by atoms with E-state index in [2.05, 4.69) is 17.0 Å². The van der Waals surface area contributed by atoms with Crippen molar-refractivity contribution in [1.82, 2.24) is 9.38 Å². The summed E-state index contributed by atoms with van der Waals surface area (Å²) >= 11 is 6.30. The normalized spacial score (nSPS) is 16.4. The number of hydrogen-bond donors (Lipinski definition) is 1. The highest BCUT2D eigenvalue weighted by atomic mass is 35.5. The summed E-state index contributed by atoms with van der Waals surface area (Å²) in [6.07, 6.45) is 5.00. The first kappa shape index (κ1) is 19.6. The Morgan fingerprint density at radius 1 is 1.19 bits per heavy atom. The van der Waals surface area contributed by atoms with Gasteiger partial charge in [-0.2, -0.15) is 0 Å². The number of aromatic nitrogens is 2. The number of fused-ring (bicyclic) bond motifs is 1. The summed E-state index contributed by atoms with van der Waals surface area (Å²) in [4.78, 5) is 7.06. The van der Waals surface area contributed by atoms with Gasteiger partial charge >= 0.3 is 0 Å². The molecule has 144 valence electrons. The Morgan fingerprint density at radius 2 is 1.96 bits per heavy atom. The molecule has 4 rings (SSSR count). The van der Waals surface area contributed by atoms with Crippen LogP contribution in [-0.4, -0.2) is 42.7 Å². The number of hydrogen-bond acceptors (Lipinski definition) is 5. The number of pyridine rings is 1. The predicted octanol–water partition coefficient (Wildman–Crippen LogP) is 3.63. The summed E-state index contributed by atoms with van der Waals surface area (Å²) in [5.74, 6) is 1.24. The monoisotopic (exact) mass is 408 g/mol. The van der Waals surface area contributed by atoms with Crippen LogP contribution in [0, 0.1) is 0 Å². The highest BCUT2D eigenvalue weighted by Gasteiger charge is 2.20. The van der Waals surface area contributed by atoms with Crippen LogP contribution < -0.4 is 20.1 Å². The Kier molecular flexibility index (Phi) is 5.69. The van der Waals surface area contributed by atoms with Crippen molar-refractivity contribution in [2.75, 3.05) is 32.2 Å². The highest BCUT2D eigenvalue weighted by molar-refractivity contribution is 6.32. The van der Waals surface area contributed by atoms with Crippen LogP contribution >= 0.6 is 24.0 Å². The minimum Gasteiger partial charge on any atom is -0.496 e. The lowest BCUT2D eigenvalue weighted by atomic mass is 10.1. The molecule has 0 unspecified atom stereocenters. The van der Waals surface area contributed by atoms with Crippen LogP contribution in [0.15, 0.2) is 36.7 Å². The van der Waals surface area contributed by atoms with E-state index in [1.54, 1.807) is 20.3 Å². The number of anilines is 1. The lowest BCUT2D eigenvalue weighted by Gasteiger charge is -2.17. The largest absolute Gasteiger partial charge is 0.496 e. The fourth-order valence-electron chi connectivity index (χ4n) is 3.38. The van der Waals surface area contributed by atoms with E-state index in [0.29, 0.717) is 16.5 Å². The summed E-state index contributed by atoms with van der Waals surface area (Å²) in [7, 11) is 3.20. The molecular weight excluding hydrogens is 387 g/mol. The number of nitrogens with two attached hydrogens (primary N) is 1. The SMILES string of the molecule is COc1cc(OC)c(-c2cn3ccc(N4CC[C@H](N)C4)cc3n2)cc1Cl.Cl. The number of halogens is 2. The zero-order valence-electron chi connectivity index (χ0n) is 15.2. The molecule has 1 fully saturated rings. The summed E-state index contributed by atoms with van der Waals surface area (Å²) < 4.78 is 12.8. The minimum absolute atomic E-state index is 0. The Bertz CT molecular complexity index is 960. The minimum atomic E-state index is 0. The van der Waals surface area contributed by atoms with E-state index >= 15 is 0 Å². The first-order chi connectivity index (χ1) is 12.6. The van der Waals surface area contributed by atoms with Gasteiger partial charge in [-0.15, -0.1) is 12.4 Å². The second-order valence-electron chi connectivity index (χ2n) is 6.46. The third-order valence-corrected chi connectivity index (χ3v) is 5.08. The van der Waals surface area contributed by atoms with Gasteiger partial charge < -0.3 is 24.5 Å². The second-order valence-corrected chi connectivity index (χ2v) is 6.87. The fraction of sp³-hybridized carbons (Fsp3) is 0.316. The molecule has 1 aliphatic rings. The van der Waals surface area contributed by atoms with E-state index in [0.717, 1.165) is 42.1 Å². The zero-order valence-corrected chi connectivity index (χ0v) is 16.8. The Hall–Kier alpha value is -2.15. The number of methoxy groups -OCH3 is 2. The summed E-state index contributed by atoms with van der Waals surface area (Å²) in [6.45, 7) is 1.86.